The molecule has 29 heavy (non-hydrogen) atoms. The summed E-state index contributed by atoms with van der Waals surface area (Å²) in [5.41, 5.74) is 1.77. The first-order valence-electron chi connectivity index (χ1n) is 12.6. The van der Waals surface area contributed by atoms with Crippen LogP contribution in [0.3, 0.4) is 0 Å². The highest BCUT2D eigenvalue weighted by atomic mass is 16.3. The summed E-state index contributed by atoms with van der Waals surface area (Å²) in [6, 6.07) is 0. The van der Waals surface area contributed by atoms with Gasteiger partial charge in [0.05, 0.1) is 6.10 Å². The predicted molar refractivity (Wildman–Crippen MR) is 119 cm³/mol. The summed E-state index contributed by atoms with van der Waals surface area (Å²) in [6.45, 7) is 12.1. The Hall–Kier alpha value is -0.630. The molecule has 4 aliphatic carbocycles. The lowest BCUT2D eigenvalue weighted by Gasteiger charge is -2.57. The molecule has 0 bridgehead atoms. The lowest BCUT2D eigenvalue weighted by molar-refractivity contribution is -0.135. The first kappa shape index (κ1) is 21.6. The molecule has 0 heterocycles. The minimum absolute atomic E-state index is 0.153. The summed E-state index contributed by atoms with van der Waals surface area (Å²) < 4.78 is 0. The topological polar surface area (TPSA) is 37.3 Å². The minimum atomic E-state index is -0.241. The van der Waals surface area contributed by atoms with Crippen LogP contribution in [0.5, 0.6) is 0 Å². The maximum atomic E-state index is 13.4. The Morgan fingerprint density at radius 3 is 2.52 bits per heavy atom. The molecular weight excluding hydrogens is 356 g/mol. The van der Waals surface area contributed by atoms with Gasteiger partial charge in [-0.05, 0) is 91.4 Å². The Labute approximate surface area is 178 Å². The third kappa shape index (κ3) is 3.56. The molecule has 4 aliphatic rings. The lowest BCUT2D eigenvalue weighted by Crippen LogP contribution is -2.53. The van der Waals surface area contributed by atoms with E-state index in [0.29, 0.717) is 23.0 Å². The van der Waals surface area contributed by atoms with E-state index in [1.54, 1.807) is 0 Å². The molecular formula is C27H44O2. The van der Waals surface area contributed by atoms with Crippen molar-refractivity contribution in [3.8, 4) is 0 Å². The van der Waals surface area contributed by atoms with Crippen molar-refractivity contribution in [1.29, 1.82) is 0 Å². The van der Waals surface area contributed by atoms with Crippen LogP contribution in [0.25, 0.3) is 0 Å². The van der Waals surface area contributed by atoms with Crippen LogP contribution in [0.2, 0.25) is 0 Å². The van der Waals surface area contributed by atoms with Crippen molar-refractivity contribution in [2.45, 2.75) is 105 Å². The quantitative estimate of drug-likeness (QED) is 0.567. The Bertz CT molecular complexity index is 663. The predicted octanol–water partition coefficient (Wildman–Crippen LogP) is 6.57. The number of allylic oxidation sites excluding steroid dienone is 1. The molecule has 0 aromatic heterocycles. The van der Waals surface area contributed by atoms with Crippen molar-refractivity contribution in [3.63, 3.8) is 0 Å². The van der Waals surface area contributed by atoms with Gasteiger partial charge in [0.1, 0.15) is 0 Å². The highest BCUT2D eigenvalue weighted by Gasteiger charge is 2.61. The van der Waals surface area contributed by atoms with Gasteiger partial charge in [-0.25, -0.2) is 0 Å². The van der Waals surface area contributed by atoms with Gasteiger partial charge in [0.25, 0.3) is 0 Å². The van der Waals surface area contributed by atoms with E-state index in [1.165, 1.54) is 50.5 Å². The number of aliphatic hydroxyl groups excluding tert-OH is 1. The zero-order valence-corrected chi connectivity index (χ0v) is 19.5. The van der Waals surface area contributed by atoms with Crippen LogP contribution in [0.4, 0.5) is 0 Å². The summed E-state index contributed by atoms with van der Waals surface area (Å²) >= 11 is 0. The Balaban J connectivity index is 1.54. The average molecular weight is 401 g/mol. The molecule has 3 fully saturated rings. The second-order valence-electron chi connectivity index (χ2n) is 12.2. The minimum Gasteiger partial charge on any atom is -0.393 e. The number of aliphatic hydroxyl groups is 1. The standard InChI is InChI=1S/C27H44O2/c1-17(2)7-6-8-18(3)21-9-10-22-25-23(12-14-27(21,22)5)26(4)13-11-20(28)15-19(26)16-24(25)29/h16-18,20-23,25,28H,6-15H2,1-5H3/t18-,20+,21-,22+,23+,25+,26+,27-/m1/s1. The van der Waals surface area contributed by atoms with E-state index in [9.17, 15) is 9.90 Å². The van der Waals surface area contributed by atoms with E-state index in [2.05, 4.69) is 34.6 Å². The molecule has 0 aliphatic heterocycles. The molecule has 2 nitrogen and oxygen atoms in total. The summed E-state index contributed by atoms with van der Waals surface area (Å²) in [6.07, 6.45) is 13.6. The number of fused-ring (bicyclic) bond motifs is 5. The van der Waals surface area contributed by atoms with Crippen molar-refractivity contribution >= 4 is 5.78 Å². The van der Waals surface area contributed by atoms with Gasteiger partial charge in [-0.2, -0.15) is 0 Å². The molecule has 0 aromatic carbocycles. The number of hydrogen-bond donors (Lipinski definition) is 1. The fourth-order valence-electron chi connectivity index (χ4n) is 8.41. The van der Waals surface area contributed by atoms with Gasteiger partial charge in [0.15, 0.2) is 5.78 Å². The lowest BCUT2D eigenvalue weighted by atomic mass is 9.46. The molecule has 4 rings (SSSR count). The maximum absolute atomic E-state index is 13.4. The van der Waals surface area contributed by atoms with Gasteiger partial charge >= 0.3 is 0 Å². The van der Waals surface area contributed by atoms with Crippen LogP contribution in [0.15, 0.2) is 11.6 Å². The number of ketones is 1. The zero-order chi connectivity index (χ0) is 21.0. The normalized spacial score (nSPS) is 45.4. The maximum Gasteiger partial charge on any atom is 0.159 e. The zero-order valence-electron chi connectivity index (χ0n) is 19.5. The van der Waals surface area contributed by atoms with Crippen molar-refractivity contribution < 1.29 is 9.90 Å². The molecule has 2 heteroatoms. The van der Waals surface area contributed by atoms with Gasteiger partial charge in [-0.15, -0.1) is 0 Å². The van der Waals surface area contributed by atoms with Crippen molar-refractivity contribution in [2.75, 3.05) is 0 Å². The van der Waals surface area contributed by atoms with E-state index in [0.717, 1.165) is 37.0 Å². The highest BCUT2D eigenvalue weighted by molar-refractivity contribution is 5.94. The molecule has 8 atom stereocenters. The molecule has 0 radical (unpaired) electrons. The number of carbonyl (C=O) groups excluding carboxylic acids is 1. The second kappa shape index (κ2) is 7.81. The van der Waals surface area contributed by atoms with Gasteiger partial charge in [-0.3, -0.25) is 4.79 Å². The molecule has 3 saturated carbocycles. The van der Waals surface area contributed by atoms with Crippen LogP contribution >= 0.6 is 0 Å². The van der Waals surface area contributed by atoms with Crippen molar-refractivity contribution in [2.24, 2.45) is 46.3 Å². The third-order valence-electron chi connectivity index (χ3n) is 10.1. The van der Waals surface area contributed by atoms with Crippen LogP contribution in [-0.4, -0.2) is 17.0 Å². The SMILES string of the molecule is CC(C)CCC[C@@H](C)[C@H]1CC[C@H]2[C@@H]3C(=O)C=C4C[C@@H](O)CC[C@]4(C)[C@H]3CC[C@]12C. The van der Waals surface area contributed by atoms with E-state index < -0.39 is 0 Å². The smallest absolute Gasteiger partial charge is 0.159 e. The summed E-state index contributed by atoms with van der Waals surface area (Å²) in [5.74, 6) is 4.11. The Morgan fingerprint density at radius 1 is 1.03 bits per heavy atom. The number of hydrogen-bond acceptors (Lipinski definition) is 2. The molecule has 0 spiro atoms. The van der Waals surface area contributed by atoms with Crippen LogP contribution in [0.1, 0.15) is 98.8 Å². The average Bonchev–Trinajstić information content (AvgIpc) is 3.00. The summed E-state index contributed by atoms with van der Waals surface area (Å²) in [5, 5.41) is 10.2. The van der Waals surface area contributed by atoms with Crippen molar-refractivity contribution in [1.82, 2.24) is 0 Å². The van der Waals surface area contributed by atoms with Gasteiger partial charge in [-0.1, -0.05) is 59.5 Å². The Morgan fingerprint density at radius 2 is 1.79 bits per heavy atom. The fraction of sp³-hybridized carbons (Fsp3) is 0.889. The summed E-state index contributed by atoms with van der Waals surface area (Å²) in [7, 11) is 0. The monoisotopic (exact) mass is 400 g/mol. The van der Waals surface area contributed by atoms with E-state index in [1.807, 2.05) is 6.08 Å². The Kier molecular flexibility index (Phi) is 5.82. The second-order valence-corrected chi connectivity index (χ2v) is 12.2. The largest absolute Gasteiger partial charge is 0.393 e. The molecule has 1 N–H and O–H groups in total. The third-order valence-corrected chi connectivity index (χ3v) is 10.1. The highest BCUT2D eigenvalue weighted by Crippen LogP contribution is 2.66. The molecule has 0 unspecified atom stereocenters. The first-order chi connectivity index (χ1) is 13.7. The molecule has 164 valence electrons. The van der Waals surface area contributed by atoms with Crippen molar-refractivity contribution in [3.05, 3.63) is 11.6 Å². The van der Waals surface area contributed by atoms with E-state index in [4.69, 9.17) is 0 Å². The molecule has 0 saturated heterocycles. The van der Waals surface area contributed by atoms with Crippen LogP contribution < -0.4 is 0 Å². The molecule has 0 aromatic rings. The van der Waals surface area contributed by atoms with Crippen LogP contribution in [0, 0.1) is 46.3 Å². The van der Waals surface area contributed by atoms with E-state index >= 15 is 0 Å². The number of rotatable bonds is 5. The number of carbonyl (C=O) groups is 1. The van der Waals surface area contributed by atoms with Gasteiger partial charge < -0.3 is 5.11 Å². The molecule has 0 amide bonds. The van der Waals surface area contributed by atoms with E-state index in [-0.39, 0.29) is 17.4 Å². The van der Waals surface area contributed by atoms with Crippen LogP contribution in [-0.2, 0) is 4.79 Å². The van der Waals surface area contributed by atoms with Gasteiger partial charge in [0.2, 0.25) is 0 Å². The van der Waals surface area contributed by atoms with Gasteiger partial charge in [0, 0.05) is 5.92 Å². The summed E-state index contributed by atoms with van der Waals surface area (Å²) in [4.78, 5) is 13.4. The fourth-order valence-corrected chi connectivity index (χ4v) is 8.41. The first-order valence-corrected chi connectivity index (χ1v) is 12.6.